The lowest BCUT2D eigenvalue weighted by Crippen LogP contribution is -2.29. The number of benzene rings is 1. The Bertz CT molecular complexity index is 569. The van der Waals surface area contributed by atoms with Gasteiger partial charge in [0.25, 0.3) is 0 Å². The summed E-state index contributed by atoms with van der Waals surface area (Å²) in [7, 11) is -3.51. The Morgan fingerprint density at radius 3 is 2.53 bits per heavy atom. The van der Waals surface area contributed by atoms with E-state index in [0.717, 1.165) is 5.56 Å². The van der Waals surface area contributed by atoms with Gasteiger partial charge in [0, 0.05) is 19.5 Å². The highest BCUT2D eigenvalue weighted by molar-refractivity contribution is 7.89. The molecule has 1 aromatic carbocycles. The molecule has 2 rings (SSSR count). The van der Waals surface area contributed by atoms with Crippen molar-refractivity contribution in [2.75, 3.05) is 13.1 Å². The third-order valence-electron chi connectivity index (χ3n) is 3.07. The molecule has 104 valence electrons. The first-order valence-electron chi connectivity index (χ1n) is 5.95. The summed E-state index contributed by atoms with van der Waals surface area (Å²) in [5, 5.41) is 9.42. The number of rotatable bonds is 4. The zero-order valence-corrected chi connectivity index (χ0v) is 12.0. The van der Waals surface area contributed by atoms with Gasteiger partial charge in [-0.15, -0.1) is 0 Å². The van der Waals surface area contributed by atoms with Crippen LogP contribution in [0, 0.1) is 0 Å². The minimum absolute atomic E-state index is 0.164. The Balaban J connectivity index is 2.19. The summed E-state index contributed by atoms with van der Waals surface area (Å²) in [6.07, 6.45) is 0.375. The topological polar surface area (TPSA) is 83.6 Å². The van der Waals surface area contributed by atoms with Crippen molar-refractivity contribution in [1.29, 1.82) is 0 Å². The van der Waals surface area contributed by atoms with Gasteiger partial charge in [0.2, 0.25) is 10.0 Å². The number of aliphatic hydroxyl groups is 1. The molecule has 0 aliphatic carbocycles. The second kappa shape index (κ2) is 5.54. The van der Waals surface area contributed by atoms with Crippen LogP contribution in [0.2, 0.25) is 0 Å². The summed E-state index contributed by atoms with van der Waals surface area (Å²) in [4.78, 5) is 0.603. The van der Waals surface area contributed by atoms with E-state index >= 15 is 0 Å². The van der Waals surface area contributed by atoms with E-state index in [1.54, 1.807) is 24.3 Å². The van der Waals surface area contributed by atoms with E-state index < -0.39 is 16.1 Å². The number of sulfonamides is 1. The van der Waals surface area contributed by atoms with Gasteiger partial charge in [0.15, 0.2) is 0 Å². The van der Waals surface area contributed by atoms with Crippen LogP contribution >= 0.6 is 12.2 Å². The maximum absolute atomic E-state index is 12.3. The standard InChI is InChI=1S/C12H16N2O3S2/c13-12(18)7-9-1-3-11(4-2-9)19(16,17)14-6-5-10(15)8-14/h1-4,10,15H,5-8H2,(H2,13,18). The fourth-order valence-corrected chi connectivity index (χ4v) is 3.72. The molecular formula is C12H16N2O3S2. The zero-order valence-electron chi connectivity index (χ0n) is 10.3. The van der Waals surface area contributed by atoms with Crippen LogP contribution < -0.4 is 5.73 Å². The van der Waals surface area contributed by atoms with Crippen LogP contribution in [0.4, 0.5) is 0 Å². The molecule has 0 radical (unpaired) electrons. The minimum atomic E-state index is -3.51. The molecule has 19 heavy (non-hydrogen) atoms. The Morgan fingerprint density at radius 1 is 1.42 bits per heavy atom. The molecule has 0 aromatic heterocycles. The van der Waals surface area contributed by atoms with Gasteiger partial charge in [-0.3, -0.25) is 0 Å². The lowest BCUT2D eigenvalue weighted by molar-refractivity contribution is 0.189. The van der Waals surface area contributed by atoms with E-state index in [2.05, 4.69) is 0 Å². The predicted molar refractivity (Wildman–Crippen MR) is 76.3 cm³/mol. The Labute approximate surface area is 118 Å². The summed E-state index contributed by atoms with van der Waals surface area (Å²) < 4.78 is 25.9. The molecule has 1 atom stereocenters. The molecule has 1 aliphatic heterocycles. The molecule has 1 fully saturated rings. The minimum Gasteiger partial charge on any atom is -0.393 e. The van der Waals surface area contributed by atoms with Gasteiger partial charge < -0.3 is 10.8 Å². The lowest BCUT2D eigenvalue weighted by atomic mass is 10.1. The Hall–Kier alpha value is -1.02. The highest BCUT2D eigenvalue weighted by Crippen LogP contribution is 2.21. The van der Waals surface area contributed by atoms with Crippen molar-refractivity contribution < 1.29 is 13.5 Å². The molecule has 1 aliphatic rings. The molecule has 0 spiro atoms. The monoisotopic (exact) mass is 300 g/mol. The van der Waals surface area contributed by atoms with Crippen molar-refractivity contribution in [3.63, 3.8) is 0 Å². The summed E-state index contributed by atoms with van der Waals surface area (Å²) in [6.45, 7) is 0.523. The van der Waals surface area contributed by atoms with Crippen LogP contribution in [0.5, 0.6) is 0 Å². The third-order valence-corrected chi connectivity index (χ3v) is 5.09. The second-order valence-electron chi connectivity index (χ2n) is 4.59. The van der Waals surface area contributed by atoms with Gasteiger partial charge in [-0.05, 0) is 24.1 Å². The SMILES string of the molecule is NC(=S)Cc1ccc(S(=O)(=O)N2CCC(O)C2)cc1. The van der Waals surface area contributed by atoms with Gasteiger partial charge in [-0.2, -0.15) is 4.31 Å². The van der Waals surface area contributed by atoms with Crippen molar-refractivity contribution >= 4 is 27.2 Å². The van der Waals surface area contributed by atoms with Crippen LogP contribution in [0.15, 0.2) is 29.2 Å². The number of aliphatic hydroxyl groups excluding tert-OH is 1. The van der Waals surface area contributed by atoms with Crippen molar-refractivity contribution in [2.45, 2.75) is 23.8 Å². The maximum Gasteiger partial charge on any atom is 0.243 e. The number of thiocarbonyl (C=S) groups is 1. The molecule has 7 heteroatoms. The Kier molecular flexibility index (Phi) is 4.19. The molecular weight excluding hydrogens is 284 g/mol. The normalized spacial score (nSPS) is 20.6. The first-order valence-corrected chi connectivity index (χ1v) is 7.80. The number of β-amino-alcohol motifs (C(OH)–C–C–N with tert-alkyl or cyclic N) is 1. The maximum atomic E-state index is 12.3. The number of hydrogen-bond acceptors (Lipinski definition) is 4. The number of nitrogens with two attached hydrogens (primary N) is 1. The van der Waals surface area contributed by atoms with E-state index in [1.165, 1.54) is 4.31 Å². The van der Waals surface area contributed by atoms with E-state index in [4.69, 9.17) is 18.0 Å². The van der Waals surface area contributed by atoms with Gasteiger partial charge in [-0.25, -0.2) is 8.42 Å². The fourth-order valence-electron chi connectivity index (χ4n) is 2.06. The van der Waals surface area contributed by atoms with Crippen molar-refractivity contribution in [2.24, 2.45) is 5.73 Å². The number of hydrogen-bond donors (Lipinski definition) is 2. The van der Waals surface area contributed by atoms with Crippen molar-refractivity contribution in [3.8, 4) is 0 Å². The molecule has 3 N–H and O–H groups in total. The smallest absolute Gasteiger partial charge is 0.243 e. The van der Waals surface area contributed by atoms with Crippen LogP contribution in [0.3, 0.4) is 0 Å². The summed E-state index contributed by atoms with van der Waals surface area (Å²) >= 11 is 4.81. The highest BCUT2D eigenvalue weighted by Gasteiger charge is 2.31. The van der Waals surface area contributed by atoms with Gasteiger partial charge in [0.05, 0.1) is 16.0 Å². The molecule has 0 amide bonds. The first kappa shape index (κ1) is 14.4. The summed E-state index contributed by atoms with van der Waals surface area (Å²) in [6, 6.07) is 6.51. The van der Waals surface area contributed by atoms with Crippen LogP contribution in [0.25, 0.3) is 0 Å². The molecule has 1 saturated heterocycles. The molecule has 1 heterocycles. The highest BCUT2D eigenvalue weighted by atomic mass is 32.2. The quantitative estimate of drug-likeness (QED) is 0.780. The average Bonchev–Trinajstić information content (AvgIpc) is 2.76. The molecule has 1 aromatic rings. The van der Waals surface area contributed by atoms with E-state index in [1.807, 2.05) is 0 Å². The first-order chi connectivity index (χ1) is 8.89. The fraction of sp³-hybridized carbons (Fsp3) is 0.417. The molecule has 0 saturated carbocycles. The van der Waals surface area contributed by atoms with E-state index in [0.29, 0.717) is 24.4 Å². The summed E-state index contributed by atoms with van der Waals surface area (Å²) in [5.41, 5.74) is 6.32. The van der Waals surface area contributed by atoms with E-state index in [-0.39, 0.29) is 11.4 Å². The van der Waals surface area contributed by atoms with Crippen molar-refractivity contribution in [1.82, 2.24) is 4.31 Å². The zero-order chi connectivity index (χ0) is 14.0. The van der Waals surface area contributed by atoms with Crippen LogP contribution in [-0.2, 0) is 16.4 Å². The van der Waals surface area contributed by atoms with E-state index in [9.17, 15) is 13.5 Å². The Morgan fingerprint density at radius 2 is 2.05 bits per heavy atom. The molecule has 0 bridgehead atoms. The van der Waals surface area contributed by atoms with Gasteiger partial charge >= 0.3 is 0 Å². The summed E-state index contributed by atoms with van der Waals surface area (Å²) in [5.74, 6) is 0. The lowest BCUT2D eigenvalue weighted by Gasteiger charge is -2.15. The number of nitrogens with zero attached hydrogens (tertiary/aromatic N) is 1. The van der Waals surface area contributed by atoms with Gasteiger partial charge in [-0.1, -0.05) is 24.4 Å². The molecule has 5 nitrogen and oxygen atoms in total. The second-order valence-corrected chi connectivity index (χ2v) is 7.05. The largest absolute Gasteiger partial charge is 0.393 e. The average molecular weight is 300 g/mol. The molecule has 1 unspecified atom stereocenters. The van der Waals surface area contributed by atoms with Crippen LogP contribution in [0.1, 0.15) is 12.0 Å². The predicted octanol–water partition coefficient (Wildman–Crippen LogP) is 0.270. The van der Waals surface area contributed by atoms with Crippen LogP contribution in [-0.4, -0.2) is 42.0 Å². The van der Waals surface area contributed by atoms with Crippen molar-refractivity contribution in [3.05, 3.63) is 29.8 Å². The third kappa shape index (κ3) is 3.30. The van der Waals surface area contributed by atoms with Gasteiger partial charge in [0.1, 0.15) is 0 Å².